The molecule has 1 fully saturated rings. The van der Waals surface area contributed by atoms with Gasteiger partial charge in [0.15, 0.2) is 0 Å². The summed E-state index contributed by atoms with van der Waals surface area (Å²) in [6, 6.07) is 0. The largest absolute Gasteiger partial charge is 0.458 e. The Bertz CT molecular complexity index is 489. The highest BCUT2D eigenvalue weighted by Crippen LogP contribution is 2.35. The van der Waals surface area contributed by atoms with Crippen molar-refractivity contribution in [3.63, 3.8) is 0 Å². The molecule has 0 radical (unpaired) electrons. The van der Waals surface area contributed by atoms with Crippen LogP contribution in [-0.4, -0.2) is 24.1 Å². The molecule has 21 heavy (non-hydrogen) atoms. The molecule has 2 aliphatic rings. The van der Waals surface area contributed by atoms with Crippen LogP contribution < -0.4 is 0 Å². The van der Waals surface area contributed by atoms with E-state index in [4.69, 9.17) is 9.47 Å². The zero-order valence-corrected chi connectivity index (χ0v) is 13.2. The number of hydrogen-bond donors (Lipinski definition) is 0. The lowest BCUT2D eigenvalue weighted by Crippen LogP contribution is -2.23. The Labute approximate surface area is 126 Å². The van der Waals surface area contributed by atoms with Crippen LogP contribution in [0.15, 0.2) is 23.3 Å². The molecule has 0 aromatic heterocycles. The Morgan fingerprint density at radius 2 is 2.10 bits per heavy atom. The van der Waals surface area contributed by atoms with Gasteiger partial charge in [-0.2, -0.15) is 0 Å². The SMILES string of the molecule is CC(=O)O[C@H]1C/C=C(\C)CC[C@H]2[C@H](C)C(=O)O[C@@H]2/C=C/1C. The van der Waals surface area contributed by atoms with Crippen LogP contribution in [0.2, 0.25) is 0 Å². The van der Waals surface area contributed by atoms with E-state index in [2.05, 4.69) is 13.0 Å². The van der Waals surface area contributed by atoms with Gasteiger partial charge < -0.3 is 9.47 Å². The zero-order valence-electron chi connectivity index (χ0n) is 13.2. The summed E-state index contributed by atoms with van der Waals surface area (Å²) in [4.78, 5) is 23.1. The predicted octanol–water partition coefficient (Wildman–Crippen LogP) is 3.17. The smallest absolute Gasteiger partial charge is 0.309 e. The fraction of sp³-hybridized carbons (Fsp3) is 0.647. The number of allylic oxidation sites excluding steroid dienone is 1. The molecule has 0 bridgehead atoms. The molecular weight excluding hydrogens is 268 g/mol. The number of esters is 2. The van der Waals surface area contributed by atoms with Crippen molar-refractivity contribution in [2.75, 3.05) is 0 Å². The lowest BCUT2D eigenvalue weighted by atomic mass is 9.84. The number of carbonyl (C=O) groups is 2. The summed E-state index contributed by atoms with van der Waals surface area (Å²) >= 11 is 0. The molecule has 4 nitrogen and oxygen atoms in total. The van der Waals surface area contributed by atoms with E-state index in [0.29, 0.717) is 6.42 Å². The van der Waals surface area contributed by atoms with Gasteiger partial charge in [0.05, 0.1) is 5.92 Å². The minimum atomic E-state index is -0.288. The summed E-state index contributed by atoms with van der Waals surface area (Å²) < 4.78 is 10.9. The first-order valence-electron chi connectivity index (χ1n) is 7.60. The average molecular weight is 292 g/mol. The van der Waals surface area contributed by atoms with Crippen molar-refractivity contribution >= 4 is 11.9 Å². The van der Waals surface area contributed by atoms with Crippen LogP contribution >= 0.6 is 0 Å². The maximum absolute atomic E-state index is 11.8. The first-order chi connectivity index (χ1) is 9.88. The normalized spacial score (nSPS) is 38.4. The van der Waals surface area contributed by atoms with Gasteiger partial charge in [-0.15, -0.1) is 0 Å². The topological polar surface area (TPSA) is 52.6 Å². The van der Waals surface area contributed by atoms with E-state index in [1.54, 1.807) is 0 Å². The lowest BCUT2D eigenvalue weighted by Gasteiger charge is -2.23. The first-order valence-corrected chi connectivity index (χ1v) is 7.60. The van der Waals surface area contributed by atoms with Crippen molar-refractivity contribution in [3.8, 4) is 0 Å². The van der Waals surface area contributed by atoms with Gasteiger partial charge in [-0.05, 0) is 38.3 Å². The molecule has 1 heterocycles. The molecule has 0 spiro atoms. The van der Waals surface area contributed by atoms with Crippen LogP contribution in [0.1, 0.15) is 47.0 Å². The van der Waals surface area contributed by atoms with Crippen molar-refractivity contribution in [2.24, 2.45) is 11.8 Å². The summed E-state index contributed by atoms with van der Waals surface area (Å²) in [6.45, 7) is 7.38. The molecule has 0 amide bonds. The average Bonchev–Trinajstić information content (AvgIpc) is 2.66. The molecule has 0 aromatic rings. The Balaban J connectivity index is 2.28. The summed E-state index contributed by atoms with van der Waals surface area (Å²) in [5.41, 5.74) is 2.22. The van der Waals surface area contributed by atoms with E-state index in [1.165, 1.54) is 12.5 Å². The third-order valence-electron chi connectivity index (χ3n) is 4.48. The van der Waals surface area contributed by atoms with Gasteiger partial charge in [-0.25, -0.2) is 0 Å². The van der Waals surface area contributed by atoms with Crippen LogP contribution in [-0.2, 0) is 19.1 Å². The van der Waals surface area contributed by atoms with Gasteiger partial charge in [-0.1, -0.05) is 18.6 Å². The number of hydrogen-bond acceptors (Lipinski definition) is 4. The fourth-order valence-electron chi connectivity index (χ4n) is 3.06. The van der Waals surface area contributed by atoms with Crippen molar-refractivity contribution in [1.82, 2.24) is 0 Å². The molecule has 2 rings (SSSR count). The number of carbonyl (C=O) groups excluding carboxylic acids is 2. The molecule has 1 aliphatic heterocycles. The van der Waals surface area contributed by atoms with Crippen molar-refractivity contribution in [1.29, 1.82) is 0 Å². The van der Waals surface area contributed by atoms with Gasteiger partial charge in [0.25, 0.3) is 0 Å². The van der Waals surface area contributed by atoms with E-state index in [0.717, 1.165) is 18.4 Å². The molecule has 1 aliphatic carbocycles. The summed E-state index contributed by atoms with van der Waals surface area (Å²) in [5.74, 6) is -0.284. The molecule has 0 N–H and O–H groups in total. The van der Waals surface area contributed by atoms with E-state index in [9.17, 15) is 9.59 Å². The maximum Gasteiger partial charge on any atom is 0.309 e. The van der Waals surface area contributed by atoms with Gasteiger partial charge in [0.1, 0.15) is 12.2 Å². The minimum Gasteiger partial charge on any atom is -0.458 e. The monoisotopic (exact) mass is 292 g/mol. The zero-order chi connectivity index (χ0) is 15.6. The second-order valence-corrected chi connectivity index (χ2v) is 6.19. The van der Waals surface area contributed by atoms with Crippen LogP contribution in [0, 0.1) is 11.8 Å². The fourth-order valence-corrected chi connectivity index (χ4v) is 3.06. The van der Waals surface area contributed by atoms with E-state index < -0.39 is 0 Å². The highest BCUT2D eigenvalue weighted by molar-refractivity contribution is 5.75. The van der Waals surface area contributed by atoms with E-state index in [-0.39, 0.29) is 36.0 Å². The van der Waals surface area contributed by atoms with Crippen molar-refractivity contribution in [2.45, 2.75) is 59.2 Å². The van der Waals surface area contributed by atoms with Crippen LogP contribution in [0.3, 0.4) is 0 Å². The standard InChI is InChI=1S/C17H24O4/c1-10-5-7-14-12(3)17(19)21-16(14)9-11(2)15(8-6-10)20-13(4)18/h6,9,12,14-16H,5,7-8H2,1-4H3/b10-6+,11-9+/t12-,14-,15-,16+/m0/s1. The Kier molecular flexibility index (Phi) is 4.86. The molecule has 116 valence electrons. The van der Waals surface area contributed by atoms with E-state index in [1.807, 2.05) is 19.9 Å². The van der Waals surface area contributed by atoms with E-state index >= 15 is 0 Å². The molecule has 0 unspecified atom stereocenters. The van der Waals surface area contributed by atoms with Gasteiger partial charge in [-0.3, -0.25) is 9.59 Å². The molecule has 0 saturated carbocycles. The van der Waals surface area contributed by atoms with Gasteiger partial charge >= 0.3 is 11.9 Å². The highest BCUT2D eigenvalue weighted by Gasteiger charge is 2.40. The summed E-state index contributed by atoms with van der Waals surface area (Å²) in [5, 5.41) is 0. The van der Waals surface area contributed by atoms with Crippen LogP contribution in [0.4, 0.5) is 0 Å². The Morgan fingerprint density at radius 1 is 1.38 bits per heavy atom. The number of fused-ring (bicyclic) bond motifs is 1. The van der Waals surface area contributed by atoms with Crippen molar-refractivity contribution in [3.05, 3.63) is 23.3 Å². The number of ether oxygens (including phenoxy) is 2. The molecule has 1 saturated heterocycles. The highest BCUT2D eigenvalue weighted by atomic mass is 16.6. The minimum absolute atomic E-state index is 0.0709. The quantitative estimate of drug-likeness (QED) is 0.550. The molecule has 4 heteroatoms. The van der Waals surface area contributed by atoms with Gasteiger partial charge in [0.2, 0.25) is 0 Å². The summed E-state index contributed by atoms with van der Waals surface area (Å²) in [6.07, 6.45) is 6.20. The molecule has 4 atom stereocenters. The third kappa shape index (κ3) is 3.74. The second-order valence-electron chi connectivity index (χ2n) is 6.19. The summed E-state index contributed by atoms with van der Waals surface area (Å²) in [7, 11) is 0. The predicted molar refractivity (Wildman–Crippen MR) is 79.5 cm³/mol. The molecule has 0 aromatic carbocycles. The lowest BCUT2D eigenvalue weighted by molar-refractivity contribution is -0.145. The molecular formula is C17H24O4. The Hall–Kier alpha value is -1.58. The maximum atomic E-state index is 11.8. The third-order valence-corrected chi connectivity index (χ3v) is 4.48. The van der Waals surface area contributed by atoms with Gasteiger partial charge in [0, 0.05) is 19.3 Å². The first kappa shape index (κ1) is 15.8. The number of rotatable bonds is 1. The van der Waals surface area contributed by atoms with Crippen LogP contribution in [0.5, 0.6) is 0 Å². The van der Waals surface area contributed by atoms with Crippen molar-refractivity contribution < 1.29 is 19.1 Å². The van der Waals surface area contributed by atoms with Crippen LogP contribution in [0.25, 0.3) is 0 Å². The second kappa shape index (κ2) is 6.46. The Morgan fingerprint density at radius 3 is 2.76 bits per heavy atom.